The Hall–Kier alpha value is -0.590. The Morgan fingerprint density at radius 1 is 1.37 bits per heavy atom. The van der Waals surface area contributed by atoms with Crippen LogP contribution >= 0.6 is 11.3 Å². The van der Waals surface area contributed by atoms with E-state index in [1.807, 2.05) is 24.4 Å². The van der Waals surface area contributed by atoms with Crippen LogP contribution in [0.1, 0.15) is 38.1 Å². The number of nitrogens with zero attached hydrogens (tertiary/aromatic N) is 1. The molecule has 0 spiro atoms. The largest absolute Gasteiger partial charge is 0.401 e. The van der Waals surface area contributed by atoms with E-state index in [1.54, 1.807) is 13.8 Å². The number of thiophene rings is 1. The summed E-state index contributed by atoms with van der Waals surface area (Å²) in [6.45, 7) is 4.52. The highest BCUT2D eigenvalue weighted by Gasteiger charge is 2.37. The van der Waals surface area contributed by atoms with Crippen LogP contribution in [-0.4, -0.2) is 29.7 Å². The lowest BCUT2D eigenvalue weighted by molar-refractivity contribution is -0.156. The highest BCUT2D eigenvalue weighted by atomic mass is 32.1. The van der Waals surface area contributed by atoms with Gasteiger partial charge in [-0.25, -0.2) is 0 Å². The van der Waals surface area contributed by atoms with Crippen molar-refractivity contribution in [2.45, 2.75) is 51.5 Å². The Balaban J connectivity index is 3.05. The first kappa shape index (κ1) is 16.5. The van der Waals surface area contributed by atoms with E-state index < -0.39 is 12.7 Å². The van der Waals surface area contributed by atoms with Crippen LogP contribution in [0.3, 0.4) is 0 Å². The van der Waals surface area contributed by atoms with Crippen LogP contribution in [0.5, 0.6) is 0 Å². The Labute approximate surface area is 116 Å². The molecule has 0 fully saturated rings. The third kappa shape index (κ3) is 4.78. The van der Waals surface area contributed by atoms with Crippen molar-refractivity contribution < 1.29 is 13.2 Å². The smallest absolute Gasteiger partial charge is 0.326 e. The minimum absolute atomic E-state index is 0.216. The van der Waals surface area contributed by atoms with Gasteiger partial charge in [0.25, 0.3) is 0 Å². The number of nitrogens with two attached hydrogens (primary N) is 1. The summed E-state index contributed by atoms with van der Waals surface area (Å²) in [5, 5.41) is 1.87. The van der Waals surface area contributed by atoms with Gasteiger partial charge in [-0.1, -0.05) is 13.0 Å². The van der Waals surface area contributed by atoms with Crippen LogP contribution < -0.4 is 5.73 Å². The Bertz CT molecular complexity index is 362. The highest BCUT2D eigenvalue weighted by Crippen LogP contribution is 2.32. The molecular weight excluding hydrogens is 273 g/mol. The van der Waals surface area contributed by atoms with E-state index in [-0.39, 0.29) is 18.1 Å². The van der Waals surface area contributed by atoms with Crippen molar-refractivity contribution in [3.63, 3.8) is 0 Å². The topological polar surface area (TPSA) is 29.3 Å². The van der Waals surface area contributed by atoms with Gasteiger partial charge >= 0.3 is 6.18 Å². The maximum atomic E-state index is 12.8. The van der Waals surface area contributed by atoms with Gasteiger partial charge in [0.15, 0.2) is 0 Å². The number of rotatable bonds is 6. The summed E-state index contributed by atoms with van der Waals surface area (Å²) in [6, 6.07) is 2.80. The molecular formula is C13H21F3N2S. The second kappa shape index (κ2) is 6.72. The van der Waals surface area contributed by atoms with E-state index >= 15 is 0 Å². The molecule has 2 unspecified atom stereocenters. The number of hydrogen-bond donors (Lipinski definition) is 1. The van der Waals surface area contributed by atoms with Crippen molar-refractivity contribution in [1.82, 2.24) is 4.90 Å². The van der Waals surface area contributed by atoms with Gasteiger partial charge < -0.3 is 5.73 Å². The number of alkyl halides is 3. The fourth-order valence-electron chi connectivity index (χ4n) is 2.11. The van der Waals surface area contributed by atoms with Crippen LogP contribution in [0.15, 0.2) is 17.5 Å². The van der Waals surface area contributed by atoms with Crippen molar-refractivity contribution in [2.75, 3.05) is 6.54 Å². The van der Waals surface area contributed by atoms with E-state index in [9.17, 15) is 13.2 Å². The average Bonchev–Trinajstić information content (AvgIpc) is 2.79. The quantitative estimate of drug-likeness (QED) is 0.864. The van der Waals surface area contributed by atoms with Gasteiger partial charge in [-0.2, -0.15) is 13.2 Å². The minimum atomic E-state index is -4.22. The van der Waals surface area contributed by atoms with Gasteiger partial charge in [0.1, 0.15) is 0 Å². The normalized spacial score (nSPS) is 16.1. The molecule has 0 amide bonds. The van der Waals surface area contributed by atoms with Gasteiger partial charge in [0.05, 0.1) is 12.6 Å². The molecule has 2 nitrogen and oxygen atoms in total. The summed E-state index contributed by atoms with van der Waals surface area (Å²) in [6.07, 6.45) is -3.57. The van der Waals surface area contributed by atoms with Crippen LogP contribution in [0, 0.1) is 0 Å². The van der Waals surface area contributed by atoms with Crippen LogP contribution in [0.4, 0.5) is 13.2 Å². The van der Waals surface area contributed by atoms with Gasteiger partial charge in [0, 0.05) is 17.0 Å². The number of halogens is 3. The fourth-order valence-corrected chi connectivity index (χ4v) is 3.03. The molecule has 0 aromatic carbocycles. The van der Waals surface area contributed by atoms with Crippen LogP contribution in [0.25, 0.3) is 0 Å². The second-order valence-corrected chi connectivity index (χ2v) is 5.89. The molecule has 19 heavy (non-hydrogen) atoms. The third-order valence-corrected chi connectivity index (χ3v) is 4.04. The molecule has 1 heterocycles. The summed E-state index contributed by atoms with van der Waals surface area (Å²) in [7, 11) is 0. The van der Waals surface area contributed by atoms with E-state index in [0.717, 1.165) is 4.88 Å². The molecule has 2 N–H and O–H groups in total. The highest BCUT2D eigenvalue weighted by molar-refractivity contribution is 7.10. The first-order valence-corrected chi connectivity index (χ1v) is 7.25. The van der Waals surface area contributed by atoms with Crippen LogP contribution in [-0.2, 0) is 0 Å². The molecule has 1 rings (SSSR count). The summed E-state index contributed by atoms with van der Waals surface area (Å²) in [4.78, 5) is 2.34. The van der Waals surface area contributed by atoms with E-state index in [4.69, 9.17) is 5.73 Å². The third-order valence-electron chi connectivity index (χ3n) is 3.09. The molecule has 1 aromatic heterocycles. The van der Waals surface area contributed by atoms with Crippen molar-refractivity contribution in [3.8, 4) is 0 Å². The molecule has 0 saturated heterocycles. The fraction of sp³-hybridized carbons (Fsp3) is 0.692. The lowest BCUT2D eigenvalue weighted by atomic mass is 10.0. The summed E-state index contributed by atoms with van der Waals surface area (Å²) < 4.78 is 38.3. The van der Waals surface area contributed by atoms with Gasteiger partial charge in [0.2, 0.25) is 0 Å². The minimum Gasteiger partial charge on any atom is -0.326 e. The van der Waals surface area contributed by atoms with E-state index in [0.29, 0.717) is 6.42 Å². The van der Waals surface area contributed by atoms with E-state index in [2.05, 4.69) is 0 Å². The molecule has 110 valence electrons. The molecule has 0 bridgehead atoms. The summed E-state index contributed by atoms with van der Waals surface area (Å²) >= 11 is 1.46. The summed E-state index contributed by atoms with van der Waals surface area (Å²) in [5.41, 5.74) is 6.06. The Kier molecular flexibility index (Phi) is 5.82. The van der Waals surface area contributed by atoms with E-state index in [1.165, 1.54) is 16.2 Å². The first-order chi connectivity index (χ1) is 8.76. The predicted molar refractivity (Wildman–Crippen MR) is 73.2 cm³/mol. The van der Waals surface area contributed by atoms with Crippen molar-refractivity contribution >= 4 is 11.3 Å². The SMILES string of the molecule is CCC(N)C(c1cccs1)N(CC(F)(F)F)C(C)C. The predicted octanol–water partition coefficient (Wildman–Crippen LogP) is 3.80. The zero-order chi connectivity index (χ0) is 14.6. The molecule has 0 aliphatic carbocycles. The van der Waals surface area contributed by atoms with Crippen molar-refractivity contribution in [2.24, 2.45) is 5.73 Å². The lowest BCUT2D eigenvalue weighted by Gasteiger charge is -2.38. The van der Waals surface area contributed by atoms with Crippen molar-refractivity contribution in [3.05, 3.63) is 22.4 Å². The molecule has 2 atom stereocenters. The van der Waals surface area contributed by atoms with Crippen LogP contribution in [0.2, 0.25) is 0 Å². The average molecular weight is 294 g/mol. The maximum absolute atomic E-state index is 12.8. The van der Waals surface area contributed by atoms with Gasteiger partial charge in [-0.05, 0) is 31.7 Å². The molecule has 0 aliphatic heterocycles. The molecule has 0 saturated carbocycles. The Morgan fingerprint density at radius 3 is 2.37 bits per heavy atom. The monoisotopic (exact) mass is 294 g/mol. The molecule has 1 aromatic rings. The number of hydrogen-bond acceptors (Lipinski definition) is 3. The zero-order valence-electron chi connectivity index (χ0n) is 11.4. The molecule has 0 radical (unpaired) electrons. The molecule has 6 heteroatoms. The van der Waals surface area contributed by atoms with Crippen molar-refractivity contribution in [1.29, 1.82) is 0 Å². The first-order valence-electron chi connectivity index (χ1n) is 6.37. The lowest BCUT2D eigenvalue weighted by Crippen LogP contribution is -2.47. The Morgan fingerprint density at radius 2 is 2.00 bits per heavy atom. The van der Waals surface area contributed by atoms with Gasteiger partial charge in [-0.15, -0.1) is 11.3 Å². The second-order valence-electron chi connectivity index (χ2n) is 4.91. The standard InChI is InChI=1S/C13H21F3N2S/c1-4-10(17)12(11-6-5-7-19-11)18(9(2)3)8-13(14,15)16/h5-7,9-10,12H,4,8,17H2,1-3H3. The maximum Gasteiger partial charge on any atom is 0.401 e. The van der Waals surface area contributed by atoms with Gasteiger partial charge in [-0.3, -0.25) is 4.90 Å². The zero-order valence-corrected chi connectivity index (χ0v) is 12.3. The molecule has 0 aliphatic rings. The summed E-state index contributed by atoms with van der Waals surface area (Å²) in [5.74, 6) is 0.